The summed E-state index contributed by atoms with van der Waals surface area (Å²) in [6.45, 7) is 2.54. The number of hydrogen-bond donors (Lipinski definition) is 0. The molecule has 2 heterocycles. The van der Waals surface area contributed by atoms with E-state index in [1.54, 1.807) is 0 Å². The van der Waals surface area contributed by atoms with Crippen molar-refractivity contribution in [2.45, 2.75) is 12.6 Å². The molecule has 0 atom stereocenters. The maximum atomic E-state index is 5.68. The van der Waals surface area contributed by atoms with E-state index < -0.39 is 0 Å². The summed E-state index contributed by atoms with van der Waals surface area (Å²) in [6, 6.07) is 16.4. The summed E-state index contributed by atoms with van der Waals surface area (Å²) < 4.78 is 22.7. The SMILES string of the molecule is c1ccc(C2OCCO2)c(-c2ccccc2C2OCCO2)c1. The highest BCUT2D eigenvalue weighted by Crippen LogP contribution is 2.38. The van der Waals surface area contributed by atoms with Gasteiger partial charge in [-0.3, -0.25) is 0 Å². The van der Waals surface area contributed by atoms with Crippen LogP contribution in [0.5, 0.6) is 0 Å². The lowest BCUT2D eigenvalue weighted by Crippen LogP contribution is -2.04. The van der Waals surface area contributed by atoms with Crippen LogP contribution in [0.15, 0.2) is 48.5 Å². The maximum Gasteiger partial charge on any atom is 0.184 e. The van der Waals surface area contributed by atoms with Gasteiger partial charge < -0.3 is 18.9 Å². The highest BCUT2D eigenvalue weighted by molar-refractivity contribution is 5.71. The van der Waals surface area contributed by atoms with Gasteiger partial charge in [-0.15, -0.1) is 0 Å². The number of ether oxygens (including phenoxy) is 4. The minimum atomic E-state index is -0.297. The van der Waals surface area contributed by atoms with Gasteiger partial charge in [0.25, 0.3) is 0 Å². The second kappa shape index (κ2) is 6.18. The van der Waals surface area contributed by atoms with Crippen molar-refractivity contribution in [1.29, 1.82) is 0 Å². The Morgan fingerprint density at radius 2 is 0.909 bits per heavy atom. The molecular weight excluding hydrogens is 280 g/mol. The van der Waals surface area contributed by atoms with Crippen LogP contribution in [0.3, 0.4) is 0 Å². The molecule has 0 spiro atoms. The molecule has 2 saturated heterocycles. The van der Waals surface area contributed by atoms with Crippen LogP contribution in [0.1, 0.15) is 23.7 Å². The number of hydrogen-bond acceptors (Lipinski definition) is 4. The van der Waals surface area contributed by atoms with E-state index in [9.17, 15) is 0 Å². The molecule has 2 aromatic carbocycles. The van der Waals surface area contributed by atoms with Gasteiger partial charge in [-0.2, -0.15) is 0 Å². The molecule has 0 saturated carbocycles. The summed E-state index contributed by atoms with van der Waals surface area (Å²) in [5, 5.41) is 0. The van der Waals surface area contributed by atoms with Gasteiger partial charge in [0.05, 0.1) is 26.4 Å². The Morgan fingerprint density at radius 1 is 0.545 bits per heavy atom. The van der Waals surface area contributed by atoms with Crippen molar-refractivity contribution in [3.05, 3.63) is 59.7 Å². The van der Waals surface area contributed by atoms with Crippen molar-refractivity contribution >= 4 is 0 Å². The van der Waals surface area contributed by atoms with Crippen molar-refractivity contribution in [3.8, 4) is 11.1 Å². The third kappa shape index (κ3) is 2.55. The Kier molecular flexibility index (Phi) is 3.91. The highest BCUT2D eigenvalue weighted by Gasteiger charge is 2.25. The molecule has 4 nitrogen and oxygen atoms in total. The summed E-state index contributed by atoms with van der Waals surface area (Å²) in [4.78, 5) is 0. The summed E-state index contributed by atoms with van der Waals surface area (Å²) in [5.74, 6) is 0. The van der Waals surface area contributed by atoms with Crippen LogP contribution < -0.4 is 0 Å². The summed E-state index contributed by atoms with van der Waals surface area (Å²) in [5.41, 5.74) is 4.30. The zero-order chi connectivity index (χ0) is 14.8. The molecule has 22 heavy (non-hydrogen) atoms. The van der Waals surface area contributed by atoms with Crippen LogP contribution in [0.4, 0.5) is 0 Å². The van der Waals surface area contributed by atoms with Crippen molar-refractivity contribution < 1.29 is 18.9 Å². The molecule has 2 aliphatic heterocycles. The lowest BCUT2D eigenvalue weighted by atomic mass is 9.95. The summed E-state index contributed by atoms with van der Waals surface area (Å²) in [6.07, 6.45) is -0.593. The monoisotopic (exact) mass is 298 g/mol. The molecule has 114 valence electrons. The first-order chi connectivity index (χ1) is 10.9. The van der Waals surface area contributed by atoms with Crippen molar-refractivity contribution in [2.75, 3.05) is 26.4 Å². The molecule has 4 rings (SSSR count). The fourth-order valence-corrected chi connectivity index (χ4v) is 2.97. The van der Waals surface area contributed by atoms with Gasteiger partial charge >= 0.3 is 0 Å². The molecular formula is C18H18O4. The minimum Gasteiger partial charge on any atom is -0.346 e. The van der Waals surface area contributed by atoms with Crippen LogP contribution in [0, 0.1) is 0 Å². The quantitative estimate of drug-likeness (QED) is 0.870. The zero-order valence-electron chi connectivity index (χ0n) is 12.2. The third-order valence-corrected chi connectivity index (χ3v) is 3.96. The van der Waals surface area contributed by atoms with E-state index in [4.69, 9.17) is 18.9 Å². The predicted octanol–water partition coefficient (Wildman–Crippen LogP) is 3.44. The van der Waals surface area contributed by atoms with E-state index in [2.05, 4.69) is 24.3 Å². The smallest absolute Gasteiger partial charge is 0.184 e. The van der Waals surface area contributed by atoms with Gasteiger partial charge in [0.15, 0.2) is 12.6 Å². The highest BCUT2D eigenvalue weighted by atomic mass is 16.7. The standard InChI is InChI=1S/C18H18O4/c1-3-7-15(17-19-9-10-20-17)13(5-1)14-6-2-4-8-16(14)18-21-11-12-22-18/h1-8,17-18H,9-12H2. The fraction of sp³-hybridized carbons (Fsp3) is 0.333. The van der Waals surface area contributed by atoms with Gasteiger partial charge in [0.1, 0.15) is 0 Å². The minimum absolute atomic E-state index is 0.297. The second-order valence-electron chi connectivity index (χ2n) is 5.32. The topological polar surface area (TPSA) is 36.9 Å². The zero-order valence-corrected chi connectivity index (χ0v) is 12.2. The van der Waals surface area contributed by atoms with Crippen LogP contribution in [-0.2, 0) is 18.9 Å². The van der Waals surface area contributed by atoms with Crippen molar-refractivity contribution in [1.82, 2.24) is 0 Å². The van der Waals surface area contributed by atoms with E-state index in [1.165, 1.54) is 0 Å². The molecule has 0 N–H and O–H groups in total. The molecule has 0 bridgehead atoms. The van der Waals surface area contributed by atoms with E-state index in [-0.39, 0.29) is 12.6 Å². The molecule has 0 aromatic heterocycles. The molecule has 0 amide bonds. The molecule has 2 aromatic rings. The normalized spacial score (nSPS) is 19.8. The van der Waals surface area contributed by atoms with Gasteiger partial charge in [0.2, 0.25) is 0 Å². The van der Waals surface area contributed by atoms with E-state index in [0.29, 0.717) is 26.4 Å². The fourth-order valence-electron chi connectivity index (χ4n) is 2.97. The van der Waals surface area contributed by atoms with Gasteiger partial charge in [0, 0.05) is 11.1 Å². The lowest BCUT2D eigenvalue weighted by molar-refractivity contribution is -0.0451. The second-order valence-corrected chi connectivity index (χ2v) is 5.32. The van der Waals surface area contributed by atoms with Crippen LogP contribution in [0.2, 0.25) is 0 Å². The predicted molar refractivity (Wildman–Crippen MR) is 81.2 cm³/mol. The summed E-state index contributed by atoms with van der Waals surface area (Å²) >= 11 is 0. The Hall–Kier alpha value is -1.72. The van der Waals surface area contributed by atoms with E-state index >= 15 is 0 Å². The molecule has 0 unspecified atom stereocenters. The molecule has 4 heteroatoms. The maximum absolute atomic E-state index is 5.68. The average molecular weight is 298 g/mol. The van der Waals surface area contributed by atoms with Gasteiger partial charge in [-0.05, 0) is 11.1 Å². The average Bonchev–Trinajstić information content (AvgIpc) is 3.28. The Bertz CT molecular complexity index is 586. The Balaban J connectivity index is 1.79. The molecule has 2 fully saturated rings. The summed E-state index contributed by atoms with van der Waals surface area (Å²) in [7, 11) is 0. The van der Waals surface area contributed by atoms with E-state index in [1.807, 2.05) is 24.3 Å². The Labute approximate surface area is 129 Å². The Morgan fingerprint density at radius 3 is 1.32 bits per heavy atom. The first kappa shape index (κ1) is 13.9. The van der Waals surface area contributed by atoms with Crippen LogP contribution in [-0.4, -0.2) is 26.4 Å². The lowest BCUT2D eigenvalue weighted by Gasteiger charge is -2.19. The molecule has 2 aliphatic rings. The van der Waals surface area contributed by atoms with Crippen molar-refractivity contribution in [2.24, 2.45) is 0 Å². The van der Waals surface area contributed by atoms with Gasteiger partial charge in [-0.25, -0.2) is 0 Å². The largest absolute Gasteiger partial charge is 0.346 e. The van der Waals surface area contributed by atoms with E-state index in [0.717, 1.165) is 22.3 Å². The third-order valence-electron chi connectivity index (χ3n) is 3.96. The van der Waals surface area contributed by atoms with Crippen LogP contribution in [0.25, 0.3) is 11.1 Å². The molecule has 0 radical (unpaired) electrons. The first-order valence-corrected chi connectivity index (χ1v) is 7.58. The number of rotatable bonds is 3. The number of benzene rings is 2. The van der Waals surface area contributed by atoms with Crippen molar-refractivity contribution in [3.63, 3.8) is 0 Å². The molecule has 0 aliphatic carbocycles. The van der Waals surface area contributed by atoms with Crippen LogP contribution >= 0.6 is 0 Å². The van der Waals surface area contributed by atoms with Gasteiger partial charge in [-0.1, -0.05) is 48.5 Å². The first-order valence-electron chi connectivity index (χ1n) is 7.58.